The third kappa shape index (κ3) is 10.7. The number of carboxylic acid groups (broad SMARTS) is 1. The maximum Gasteiger partial charge on any atom is 0.335 e. The fourth-order valence-electron chi connectivity index (χ4n) is 6.06. The van der Waals surface area contributed by atoms with Crippen LogP contribution in [-0.2, 0) is 34.8 Å². The zero-order valence-corrected chi connectivity index (χ0v) is 33.1. The molecular weight excluding hydrogens is 878 g/mol. The number of hydrogen-bond acceptors (Lipinski definition) is 6. The smallest absolute Gasteiger partial charge is 0.335 e. The number of aromatic nitrogens is 2. The summed E-state index contributed by atoms with van der Waals surface area (Å²) in [6, 6.07) is 57.4. The van der Waals surface area contributed by atoms with Gasteiger partial charge in [-0.25, -0.2) is 4.79 Å². The molecule has 8 rings (SSSR count). The fraction of sp³-hybridized carbons (Fsp3) is 0. The molecule has 0 saturated carbocycles. The van der Waals surface area contributed by atoms with Crippen molar-refractivity contribution in [3.8, 4) is 22.3 Å². The summed E-state index contributed by atoms with van der Waals surface area (Å²) in [4.78, 5) is 43.6. The summed E-state index contributed by atoms with van der Waals surface area (Å²) < 4.78 is 0. The van der Waals surface area contributed by atoms with Gasteiger partial charge in [0.1, 0.15) is 15.9 Å². The van der Waals surface area contributed by atoms with Crippen molar-refractivity contribution in [1.82, 2.24) is 9.97 Å². The third-order valence-corrected chi connectivity index (χ3v) is 11.1. The van der Waals surface area contributed by atoms with E-state index in [0.717, 1.165) is 21.8 Å². The van der Waals surface area contributed by atoms with Gasteiger partial charge in [-0.2, -0.15) is 0 Å². The zero-order valence-electron chi connectivity index (χ0n) is 29.4. The van der Waals surface area contributed by atoms with Crippen LogP contribution in [0, 0.1) is 0 Å². The molecule has 55 heavy (non-hydrogen) atoms. The van der Waals surface area contributed by atoms with E-state index in [1.165, 1.54) is 38.2 Å². The van der Waals surface area contributed by atoms with E-state index >= 15 is 0 Å². The van der Waals surface area contributed by atoms with E-state index < -0.39 is 13.9 Å². The second kappa shape index (κ2) is 22.7. The molecule has 0 aliphatic heterocycles. The van der Waals surface area contributed by atoms with Crippen LogP contribution < -0.4 is 15.9 Å². The van der Waals surface area contributed by atoms with E-state index in [1.54, 1.807) is 12.1 Å². The first-order valence-electron chi connectivity index (χ1n) is 16.5. The molecule has 0 spiro atoms. The number of fused-ring (bicyclic) bond motifs is 3. The van der Waals surface area contributed by atoms with Crippen molar-refractivity contribution in [2.75, 3.05) is 0 Å². The Labute approximate surface area is 335 Å². The van der Waals surface area contributed by atoms with Crippen LogP contribution in [0.5, 0.6) is 0 Å². The van der Waals surface area contributed by atoms with Gasteiger partial charge >= 0.3 is 5.97 Å². The van der Waals surface area contributed by atoms with E-state index in [4.69, 9.17) is 19.5 Å². The van der Waals surface area contributed by atoms with Crippen LogP contribution >= 0.6 is 7.92 Å². The molecule has 1 N–H and O–H groups in total. The minimum atomic E-state index is -1.11. The van der Waals surface area contributed by atoms with Crippen LogP contribution in [-0.4, -0.2) is 41.4 Å². The Morgan fingerprint density at radius 1 is 0.436 bits per heavy atom. The minimum Gasteiger partial charge on any atom is -0.545 e. The molecular formula is C46H35N2O5PRe-2. The molecule has 0 atom stereocenters. The Kier molecular flexibility index (Phi) is 17.8. The number of aromatic carboxylic acids is 1. The van der Waals surface area contributed by atoms with Crippen molar-refractivity contribution in [2.24, 2.45) is 0 Å². The molecule has 8 aromatic rings. The van der Waals surface area contributed by atoms with Gasteiger partial charge in [0.05, 0.1) is 24.5 Å². The molecule has 0 aliphatic rings. The standard InChI is InChI=1S/C24H16N2.C19H15O2P.3CHO.Re/c1-3-7-17(8-4-1)19-13-15-25-23-21(19)11-12-22-20(14-16-26-24(22)23)18-9-5-2-6-10-18;20-19(21)15-11-13-18(14-12-15)22(16-7-3-1-4-8-16)17-9-5-2-6-10-17;3*1-2;/h1-16H;1-14H,(H,20,21);3*1H;/q;;3*-1;/p+1. The largest absolute Gasteiger partial charge is 0.545 e. The molecule has 7 nitrogen and oxygen atoms in total. The maximum absolute atomic E-state index is 11.0. The molecule has 6 aromatic carbocycles. The summed E-state index contributed by atoms with van der Waals surface area (Å²) in [5.41, 5.74) is 6.97. The number of carboxylic acids is 1. The van der Waals surface area contributed by atoms with Gasteiger partial charge in [-0.1, -0.05) is 109 Å². The molecule has 2 heterocycles. The number of benzene rings is 6. The number of pyridine rings is 2. The predicted molar refractivity (Wildman–Crippen MR) is 222 cm³/mol. The van der Waals surface area contributed by atoms with Gasteiger partial charge in [-0.3, -0.25) is 30.3 Å². The van der Waals surface area contributed by atoms with Gasteiger partial charge < -0.3 is 19.5 Å². The van der Waals surface area contributed by atoms with E-state index in [9.17, 15) is 4.79 Å². The quantitative estimate of drug-likeness (QED) is 0.0776. The number of carbonyl (C=O) groups excluding carboxylic acids is 3. The molecule has 273 valence electrons. The van der Waals surface area contributed by atoms with E-state index in [0.29, 0.717) is 5.56 Å². The summed E-state index contributed by atoms with van der Waals surface area (Å²) in [5, 5.41) is 15.1. The summed E-state index contributed by atoms with van der Waals surface area (Å²) in [6.45, 7) is 9.75. The average Bonchev–Trinajstić information content (AvgIpc) is 3.27. The second-order valence-corrected chi connectivity index (χ2v) is 13.8. The number of hydrogen-bond donors (Lipinski definition) is 1. The molecule has 0 unspecified atom stereocenters. The van der Waals surface area contributed by atoms with Crippen molar-refractivity contribution in [3.63, 3.8) is 0 Å². The molecule has 0 bridgehead atoms. The zero-order chi connectivity index (χ0) is 38.7. The Morgan fingerprint density at radius 2 is 0.764 bits per heavy atom. The van der Waals surface area contributed by atoms with Crippen LogP contribution in [0.4, 0.5) is 0 Å². The van der Waals surface area contributed by atoms with Gasteiger partial charge in [0.2, 0.25) is 0 Å². The first-order chi connectivity index (χ1) is 26.7. The van der Waals surface area contributed by atoms with Crippen LogP contribution in [0.3, 0.4) is 0 Å². The topological polar surface area (TPSA) is 114 Å². The normalized spacial score (nSPS) is 9.69. The van der Waals surface area contributed by atoms with Gasteiger partial charge in [0.25, 0.3) is 0 Å². The number of carbonyl (C=O) groups is 1. The first-order valence-corrected chi connectivity index (χ1v) is 18.0. The molecule has 0 aliphatic carbocycles. The number of rotatable bonds is 6. The van der Waals surface area contributed by atoms with Gasteiger partial charge in [-0.15, -0.1) is 0 Å². The van der Waals surface area contributed by atoms with E-state index in [-0.39, 0.29) is 20.4 Å². The molecule has 2 aromatic heterocycles. The van der Waals surface area contributed by atoms with E-state index in [2.05, 4.69) is 152 Å². The van der Waals surface area contributed by atoms with Gasteiger partial charge in [0, 0.05) is 43.6 Å². The average molecular weight is 913 g/mol. The molecule has 9 heteroatoms. The fourth-order valence-corrected chi connectivity index (χ4v) is 8.61. The third-order valence-electron chi connectivity index (χ3n) is 8.34. The van der Waals surface area contributed by atoms with Crippen molar-refractivity contribution < 1.29 is 44.7 Å². The minimum absolute atomic E-state index is 0. The second-order valence-electron chi connectivity index (χ2n) is 11.3. The van der Waals surface area contributed by atoms with Gasteiger partial charge in [0.15, 0.2) is 0 Å². The van der Waals surface area contributed by atoms with Crippen molar-refractivity contribution >= 4 is 72.0 Å². The Morgan fingerprint density at radius 3 is 1.11 bits per heavy atom. The molecule has 0 saturated heterocycles. The Hall–Kier alpha value is -6.29. The molecule has 0 fully saturated rings. The summed E-state index contributed by atoms with van der Waals surface area (Å²) >= 11 is 0. The maximum atomic E-state index is 11.0. The van der Waals surface area contributed by atoms with Crippen molar-refractivity contribution in [2.45, 2.75) is 0 Å². The summed E-state index contributed by atoms with van der Waals surface area (Å²) in [7, 11) is -1.11. The number of nitrogens with zero attached hydrogens (tertiary/aromatic N) is 2. The molecule has 0 amide bonds. The predicted octanol–water partition coefficient (Wildman–Crippen LogP) is 8.17. The monoisotopic (exact) mass is 913 g/mol. The van der Waals surface area contributed by atoms with Crippen LogP contribution in [0.15, 0.2) is 182 Å². The Bertz CT molecular complexity index is 2230. The summed E-state index contributed by atoms with van der Waals surface area (Å²) in [6.07, 6.45) is 3.75. The molecule has 1 radical (unpaired) electrons. The first kappa shape index (κ1) is 43.1. The Balaban J connectivity index is 0.000000259. The van der Waals surface area contributed by atoms with Gasteiger partial charge in [-0.05, 0) is 82.9 Å². The van der Waals surface area contributed by atoms with Crippen molar-refractivity contribution in [3.05, 3.63) is 188 Å². The van der Waals surface area contributed by atoms with E-state index in [1.807, 2.05) is 48.8 Å². The van der Waals surface area contributed by atoms with Crippen LogP contribution in [0.1, 0.15) is 10.4 Å². The van der Waals surface area contributed by atoms with Crippen LogP contribution in [0.2, 0.25) is 0 Å². The van der Waals surface area contributed by atoms with Crippen LogP contribution in [0.25, 0.3) is 44.1 Å². The van der Waals surface area contributed by atoms with Crippen molar-refractivity contribution in [1.29, 1.82) is 0 Å². The summed E-state index contributed by atoms with van der Waals surface area (Å²) in [5.74, 6) is -0.889. The SMILES string of the molecule is O=C(O)c1ccc([PH+](c2ccccc2)c2ccccc2)cc1.[CH-]=O.[CH-]=O.[CH-]=O.[Re].c1ccc(-c2ccnc3c2ccc2c(-c4ccccc4)ccnc23)cc1.